The number of nitrogens with zero attached hydrogens (tertiary/aromatic N) is 2. The topological polar surface area (TPSA) is 85.3 Å². The molecule has 2 N–H and O–H groups in total. The number of ether oxygens (including phenoxy) is 1. The summed E-state index contributed by atoms with van der Waals surface area (Å²) in [6.07, 6.45) is 1.30. The highest BCUT2D eigenvalue weighted by molar-refractivity contribution is 5.81. The van der Waals surface area contributed by atoms with Crippen molar-refractivity contribution in [3.8, 4) is 11.6 Å². The molecule has 2 amide bonds. The zero-order valence-electron chi connectivity index (χ0n) is 13.2. The lowest BCUT2D eigenvalue weighted by Gasteiger charge is -2.12. The van der Waals surface area contributed by atoms with Crippen LogP contribution in [-0.2, 0) is 9.59 Å². The van der Waals surface area contributed by atoms with Gasteiger partial charge in [0.15, 0.2) is 6.10 Å². The highest BCUT2D eigenvalue weighted by Crippen LogP contribution is 2.13. The summed E-state index contributed by atoms with van der Waals surface area (Å²) in [5, 5.41) is 9.41. The summed E-state index contributed by atoms with van der Waals surface area (Å²) in [6, 6.07) is 11.3. The molecule has 7 nitrogen and oxygen atoms in total. The summed E-state index contributed by atoms with van der Waals surface area (Å²) >= 11 is 0. The number of carbonyl (C=O) groups is 2. The van der Waals surface area contributed by atoms with Crippen LogP contribution in [0.5, 0.6) is 5.88 Å². The summed E-state index contributed by atoms with van der Waals surface area (Å²) in [5.41, 5.74) is 0.907. The number of carbonyl (C=O) groups excluding carboxylic acids is 2. The number of nitrogens with one attached hydrogen (secondary N) is 2. The number of hydrogen-bond donors (Lipinski definition) is 2. The Morgan fingerprint density at radius 3 is 2.70 bits per heavy atom. The second-order valence-electron chi connectivity index (χ2n) is 4.91. The molecule has 0 radical (unpaired) electrons. The van der Waals surface area contributed by atoms with E-state index in [4.69, 9.17) is 4.74 Å². The predicted octanol–water partition coefficient (Wildman–Crippen LogP) is 0.892. The maximum atomic E-state index is 11.9. The van der Waals surface area contributed by atoms with E-state index in [0.29, 0.717) is 5.88 Å². The van der Waals surface area contributed by atoms with Crippen LogP contribution in [0.4, 0.5) is 0 Å². The summed E-state index contributed by atoms with van der Waals surface area (Å²) in [7, 11) is 1.55. The van der Waals surface area contributed by atoms with E-state index in [9.17, 15) is 9.59 Å². The molecule has 0 bridgehead atoms. The summed E-state index contributed by atoms with van der Waals surface area (Å²) < 4.78 is 7.19. The Morgan fingerprint density at radius 2 is 2.00 bits per heavy atom. The van der Waals surface area contributed by atoms with Gasteiger partial charge in [-0.15, -0.1) is 5.10 Å². The Hall–Kier alpha value is -2.83. The minimum absolute atomic E-state index is 0.125. The largest absolute Gasteiger partial charge is 0.463 e. The number of hydrogen-bond acceptors (Lipinski definition) is 4. The van der Waals surface area contributed by atoms with Gasteiger partial charge in [0.2, 0.25) is 11.8 Å². The molecule has 0 fully saturated rings. The minimum atomic E-state index is -0.696. The third-order valence-electron chi connectivity index (χ3n) is 3.18. The highest BCUT2D eigenvalue weighted by atomic mass is 16.5. The first-order valence-corrected chi connectivity index (χ1v) is 7.36. The van der Waals surface area contributed by atoms with Gasteiger partial charge in [0.25, 0.3) is 5.91 Å². The van der Waals surface area contributed by atoms with Gasteiger partial charge in [0.05, 0.1) is 5.69 Å². The predicted molar refractivity (Wildman–Crippen MR) is 85.3 cm³/mol. The summed E-state index contributed by atoms with van der Waals surface area (Å²) in [6.45, 7) is 1.90. The van der Waals surface area contributed by atoms with Gasteiger partial charge >= 0.3 is 0 Å². The second-order valence-corrected chi connectivity index (χ2v) is 4.91. The van der Waals surface area contributed by atoms with E-state index in [1.165, 1.54) is 0 Å². The molecule has 23 heavy (non-hydrogen) atoms. The van der Waals surface area contributed by atoms with Crippen molar-refractivity contribution in [1.29, 1.82) is 0 Å². The fourth-order valence-corrected chi connectivity index (χ4v) is 1.90. The number of para-hydroxylation sites is 1. The molecule has 0 unspecified atom stereocenters. The molecule has 1 aromatic carbocycles. The van der Waals surface area contributed by atoms with Crippen LogP contribution in [0.3, 0.4) is 0 Å². The number of amides is 2. The molecule has 122 valence electrons. The molecule has 0 spiro atoms. The second kappa shape index (κ2) is 7.98. The van der Waals surface area contributed by atoms with E-state index in [1.54, 1.807) is 30.9 Å². The molecule has 0 saturated carbocycles. The van der Waals surface area contributed by atoms with Gasteiger partial charge in [0, 0.05) is 32.3 Å². The minimum Gasteiger partial charge on any atom is -0.463 e. The first kappa shape index (κ1) is 16.5. The van der Waals surface area contributed by atoms with E-state index in [-0.39, 0.29) is 24.8 Å². The number of rotatable bonds is 7. The quantitative estimate of drug-likeness (QED) is 0.794. The van der Waals surface area contributed by atoms with E-state index in [2.05, 4.69) is 15.7 Å². The van der Waals surface area contributed by atoms with Crippen LogP contribution in [0.25, 0.3) is 5.69 Å². The summed E-state index contributed by atoms with van der Waals surface area (Å²) in [4.78, 5) is 23.0. The fourth-order valence-electron chi connectivity index (χ4n) is 1.90. The highest BCUT2D eigenvalue weighted by Gasteiger charge is 2.16. The van der Waals surface area contributed by atoms with Crippen molar-refractivity contribution in [1.82, 2.24) is 20.4 Å². The van der Waals surface area contributed by atoms with Gasteiger partial charge < -0.3 is 15.4 Å². The Labute approximate surface area is 134 Å². The van der Waals surface area contributed by atoms with Gasteiger partial charge in [-0.25, -0.2) is 4.68 Å². The average Bonchev–Trinajstić information content (AvgIpc) is 3.03. The maximum Gasteiger partial charge on any atom is 0.260 e. The van der Waals surface area contributed by atoms with Gasteiger partial charge in [0.1, 0.15) is 0 Å². The monoisotopic (exact) mass is 316 g/mol. The van der Waals surface area contributed by atoms with Crippen LogP contribution < -0.4 is 15.4 Å². The van der Waals surface area contributed by atoms with Crippen LogP contribution in [0.2, 0.25) is 0 Å². The first-order valence-electron chi connectivity index (χ1n) is 7.36. The SMILES string of the molecule is CNC(=O)CCNC(=O)[C@@H](C)Oc1ccn(-c2ccccc2)n1. The van der Waals surface area contributed by atoms with Crippen LogP contribution in [-0.4, -0.2) is 41.3 Å². The van der Waals surface area contributed by atoms with Crippen LogP contribution >= 0.6 is 0 Å². The Balaban J connectivity index is 1.85. The van der Waals surface area contributed by atoms with Gasteiger partial charge in [-0.3, -0.25) is 9.59 Å². The Morgan fingerprint density at radius 1 is 1.26 bits per heavy atom. The molecule has 1 atom stereocenters. The van der Waals surface area contributed by atoms with Gasteiger partial charge in [-0.1, -0.05) is 18.2 Å². The molecule has 0 saturated heterocycles. The smallest absolute Gasteiger partial charge is 0.260 e. The van der Waals surface area contributed by atoms with E-state index < -0.39 is 6.10 Å². The molecule has 2 rings (SSSR count). The standard InChI is InChI=1S/C16H20N4O3/c1-12(16(22)18-10-8-14(21)17-2)23-15-9-11-20(19-15)13-6-4-3-5-7-13/h3-7,9,11-12H,8,10H2,1-2H3,(H,17,21)(H,18,22)/t12-/m1/s1. The van der Waals surface area contributed by atoms with Crippen molar-refractivity contribution in [2.75, 3.05) is 13.6 Å². The van der Waals surface area contributed by atoms with Crippen molar-refractivity contribution in [3.05, 3.63) is 42.6 Å². The molecule has 2 aromatic rings. The molecule has 1 aromatic heterocycles. The first-order chi connectivity index (χ1) is 11.1. The molecule has 0 aliphatic rings. The van der Waals surface area contributed by atoms with Crippen LogP contribution in [0, 0.1) is 0 Å². The molecular formula is C16H20N4O3. The van der Waals surface area contributed by atoms with Crippen LogP contribution in [0.15, 0.2) is 42.6 Å². The molecule has 0 aliphatic heterocycles. The maximum absolute atomic E-state index is 11.9. The van der Waals surface area contributed by atoms with E-state index in [1.807, 2.05) is 30.3 Å². The molecule has 1 heterocycles. The lowest BCUT2D eigenvalue weighted by molar-refractivity contribution is -0.127. The third kappa shape index (κ3) is 4.84. The molecular weight excluding hydrogens is 296 g/mol. The lowest BCUT2D eigenvalue weighted by Crippen LogP contribution is -2.38. The average molecular weight is 316 g/mol. The Bertz CT molecular complexity index is 654. The van der Waals surface area contributed by atoms with Gasteiger partial charge in [-0.05, 0) is 19.1 Å². The van der Waals surface area contributed by atoms with Crippen molar-refractivity contribution in [2.45, 2.75) is 19.4 Å². The van der Waals surface area contributed by atoms with Crippen molar-refractivity contribution >= 4 is 11.8 Å². The lowest BCUT2D eigenvalue weighted by atomic mass is 10.3. The third-order valence-corrected chi connectivity index (χ3v) is 3.18. The normalized spacial score (nSPS) is 11.6. The van der Waals surface area contributed by atoms with E-state index >= 15 is 0 Å². The number of benzene rings is 1. The van der Waals surface area contributed by atoms with E-state index in [0.717, 1.165) is 5.69 Å². The van der Waals surface area contributed by atoms with Crippen molar-refractivity contribution < 1.29 is 14.3 Å². The van der Waals surface area contributed by atoms with Crippen LogP contribution in [0.1, 0.15) is 13.3 Å². The zero-order valence-corrected chi connectivity index (χ0v) is 13.2. The van der Waals surface area contributed by atoms with Gasteiger partial charge in [-0.2, -0.15) is 0 Å². The van der Waals surface area contributed by atoms with Crippen molar-refractivity contribution in [2.24, 2.45) is 0 Å². The van der Waals surface area contributed by atoms with Crippen molar-refractivity contribution in [3.63, 3.8) is 0 Å². The molecule has 0 aliphatic carbocycles. The number of aromatic nitrogens is 2. The summed E-state index contributed by atoms with van der Waals surface area (Å²) in [5.74, 6) is -0.0496. The molecule has 7 heteroatoms. The fraction of sp³-hybridized carbons (Fsp3) is 0.312. The Kier molecular flexibility index (Phi) is 5.74. The zero-order chi connectivity index (χ0) is 16.7.